The molecule has 0 aromatic carbocycles. The Morgan fingerprint density at radius 3 is 2.44 bits per heavy atom. The van der Waals surface area contributed by atoms with E-state index in [4.69, 9.17) is 5.11 Å². The SMILES string of the molecule is O=C(NCC1CCCC1)NC1CCCC1C(=O)O. The Labute approximate surface area is 107 Å². The van der Waals surface area contributed by atoms with Gasteiger partial charge in [-0.15, -0.1) is 0 Å². The molecule has 18 heavy (non-hydrogen) atoms. The molecule has 5 nitrogen and oxygen atoms in total. The number of rotatable bonds is 4. The average Bonchev–Trinajstić information content (AvgIpc) is 2.96. The van der Waals surface area contributed by atoms with E-state index >= 15 is 0 Å². The smallest absolute Gasteiger partial charge is 0.315 e. The van der Waals surface area contributed by atoms with Crippen molar-refractivity contribution in [2.45, 2.75) is 51.0 Å². The van der Waals surface area contributed by atoms with Gasteiger partial charge in [0.1, 0.15) is 0 Å². The molecule has 3 N–H and O–H groups in total. The van der Waals surface area contributed by atoms with E-state index in [9.17, 15) is 9.59 Å². The van der Waals surface area contributed by atoms with Gasteiger partial charge in [0, 0.05) is 12.6 Å². The normalized spacial score (nSPS) is 28.2. The molecule has 0 spiro atoms. The fourth-order valence-electron chi connectivity index (χ4n) is 3.10. The van der Waals surface area contributed by atoms with E-state index in [0.29, 0.717) is 12.3 Å². The lowest BCUT2D eigenvalue weighted by molar-refractivity contribution is -0.142. The highest BCUT2D eigenvalue weighted by atomic mass is 16.4. The lowest BCUT2D eigenvalue weighted by Gasteiger charge is -2.19. The molecule has 102 valence electrons. The first-order valence-corrected chi connectivity index (χ1v) is 6.94. The minimum atomic E-state index is -0.798. The molecule has 0 aromatic rings. The zero-order chi connectivity index (χ0) is 13.0. The summed E-state index contributed by atoms with van der Waals surface area (Å²) in [5, 5.41) is 14.7. The Morgan fingerprint density at radius 2 is 1.78 bits per heavy atom. The minimum absolute atomic E-state index is 0.203. The molecule has 2 aliphatic rings. The third kappa shape index (κ3) is 3.37. The van der Waals surface area contributed by atoms with Crippen molar-refractivity contribution in [3.8, 4) is 0 Å². The molecule has 2 atom stereocenters. The van der Waals surface area contributed by atoms with Crippen molar-refractivity contribution in [2.75, 3.05) is 6.54 Å². The largest absolute Gasteiger partial charge is 0.481 e. The maximum atomic E-state index is 11.7. The van der Waals surface area contributed by atoms with E-state index in [1.807, 2.05) is 0 Å². The molecule has 0 saturated heterocycles. The number of hydrogen-bond donors (Lipinski definition) is 3. The van der Waals surface area contributed by atoms with E-state index in [0.717, 1.165) is 19.4 Å². The first-order valence-electron chi connectivity index (χ1n) is 6.94. The van der Waals surface area contributed by atoms with Crippen LogP contribution in [0.25, 0.3) is 0 Å². The molecule has 0 bridgehead atoms. The van der Waals surface area contributed by atoms with Gasteiger partial charge in [-0.3, -0.25) is 4.79 Å². The van der Waals surface area contributed by atoms with Crippen LogP contribution in [-0.4, -0.2) is 29.7 Å². The molecule has 0 heterocycles. The van der Waals surface area contributed by atoms with Gasteiger partial charge in [-0.25, -0.2) is 4.79 Å². The number of carbonyl (C=O) groups excluding carboxylic acids is 1. The monoisotopic (exact) mass is 254 g/mol. The molecular formula is C13H22N2O3. The molecule has 2 rings (SSSR count). The molecule has 2 aliphatic carbocycles. The van der Waals surface area contributed by atoms with Crippen LogP contribution >= 0.6 is 0 Å². The van der Waals surface area contributed by atoms with Gasteiger partial charge in [0.25, 0.3) is 0 Å². The van der Waals surface area contributed by atoms with Gasteiger partial charge in [-0.1, -0.05) is 19.3 Å². The Bertz CT molecular complexity index is 313. The van der Waals surface area contributed by atoms with Crippen LogP contribution in [0, 0.1) is 11.8 Å². The maximum Gasteiger partial charge on any atom is 0.315 e. The second-order valence-corrected chi connectivity index (χ2v) is 5.49. The predicted molar refractivity (Wildman–Crippen MR) is 67.3 cm³/mol. The van der Waals surface area contributed by atoms with Crippen LogP contribution in [0.2, 0.25) is 0 Å². The molecule has 5 heteroatoms. The second-order valence-electron chi connectivity index (χ2n) is 5.49. The third-order valence-electron chi connectivity index (χ3n) is 4.18. The first-order chi connectivity index (χ1) is 8.66. The first kappa shape index (κ1) is 13.2. The van der Waals surface area contributed by atoms with Crippen molar-refractivity contribution >= 4 is 12.0 Å². The van der Waals surface area contributed by atoms with E-state index in [1.165, 1.54) is 25.7 Å². The summed E-state index contributed by atoms with van der Waals surface area (Å²) in [4.78, 5) is 22.7. The van der Waals surface area contributed by atoms with Crippen LogP contribution in [0.1, 0.15) is 44.9 Å². The molecule has 0 radical (unpaired) electrons. The van der Waals surface area contributed by atoms with Crippen LogP contribution in [0.4, 0.5) is 4.79 Å². The summed E-state index contributed by atoms with van der Waals surface area (Å²) in [6, 6.07) is -0.411. The maximum absolute atomic E-state index is 11.7. The topological polar surface area (TPSA) is 78.4 Å². The van der Waals surface area contributed by atoms with Crippen molar-refractivity contribution in [1.29, 1.82) is 0 Å². The molecule has 2 unspecified atom stereocenters. The van der Waals surface area contributed by atoms with E-state index < -0.39 is 11.9 Å². The second kappa shape index (κ2) is 6.07. The van der Waals surface area contributed by atoms with E-state index in [-0.39, 0.29) is 12.1 Å². The minimum Gasteiger partial charge on any atom is -0.481 e. The number of hydrogen-bond acceptors (Lipinski definition) is 2. The lowest BCUT2D eigenvalue weighted by atomic mass is 10.0. The summed E-state index contributed by atoms with van der Waals surface area (Å²) in [5.74, 6) is -0.606. The van der Waals surface area contributed by atoms with E-state index in [2.05, 4.69) is 10.6 Å². The Balaban J connectivity index is 1.71. The van der Waals surface area contributed by atoms with Gasteiger partial charge < -0.3 is 15.7 Å². The number of nitrogens with one attached hydrogen (secondary N) is 2. The summed E-state index contributed by atoms with van der Waals surface area (Å²) >= 11 is 0. The predicted octanol–water partition coefficient (Wildman–Crippen LogP) is 1.73. The van der Waals surface area contributed by atoms with Crippen LogP contribution in [0.5, 0.6) is 0 Å². The van der Waals surface area contributed by atoms with Crippen molar-refractivity contribution in [3.05, 3.63) is 0 Å². The fourth-order valence-corrected chi connectivity index (χ4v) is 3.10. The molecule has 0 aromatic heterocycles. The highest BCUT2D eigenvalue weighted by molar-refractivity contribution is 5.77. The molecular weight excluding hydrogens is 232 g/mol. The molecule has 2 saturated carbocycles. The van der Waals surface area contributed by atoms with Crippen LogP contribution in [0.3, 0.4) is 0 Å². The highest BCUT2D eigenvalue weighted by Gasteiger charge is 2.33. The van der Waals surface area contributed by atoms with Gasteiger partial charge in [0.2, 0.25) is 0 Å². The van der Waals surface area contributed by atoms with Crippen molar-refractivity contribution in [3.63, 3.8) is 0 Å². The number of carboxylic acid groups (broad SMARTS) is 1. The number of urea groups is 1. The number of amides is 2. The zero-order valence-corrected chi connectivity index (χ0v) is 10.7. The summed E-state index contributed by atoms with van der Waals surface area (Å²) in [5.41, 5.74) is 0. The summed E-state index contributed by atoms with van der Waals surface area (Å²) in [6.07, 6.45) is 7.24. The Morgan fingerprint density at radius 1 is 1.06 bits per heavy atom. The molecule has 2 amide bonds. The Hall–Kier alpha value is -1.26. The Kier molecular flexibility index (Phi) is 4.44. The summed E-state index contributed by atoms with van der Waals surface area (Å²) in [6.45, 7) is 0.719. The van der Waals surface area contributed by atoms with Crippen molar-refractivity contribution in [2.24, 2.45) is 11.8 Å². The fraction of sp³-hybridized carbons (Fsp3) is 0.846. The van der Waals surface area contributed by atoms with Crippen molar-refractivity contribution in [1.82, 2.24) is 10.6 Å². The van der Waals surface area contributed by atoms with E-state index in [1.54, 1.807) is 0 Å². The number of aliphatic carboxylic acids is 1. The quantitative estimate of drug-likeness (QED) is 0.715. The third-order valence-corrected chi connectivity index (χ3v) is 4.18. The van der Waals surface area contributed by atoms with Gasteiger partial charge in [0.15, 0.2) is 0 Å². The molecule has 0 aliphatic heterocycles. The van der Waals surface area contributed by atoms with Gasteiger partial charge in [-0.2, -0.15) is 0 Å². The van der Waals surface area contributed by atoms with Crippen molar-refractivity contribution < 1.29 is 14.7 Å². The summed E-state index contributed by atoms with van der Waals surface area (Å²) in [7, 11) is 0. The van der Waals surface area contributed by atoms with Crippen LogP contribution < -0.4 is 10.6 Å². The zero-order valence-electron chi connectivity index (χ0n) is 10.7. The molecule has 2 fully saturated rings. The standard InChI is InChI=1S/C13H22N2O3/c16-12(17)10-6-3-7-11(10)15-13(18)14-8-9-4-1-2-5-9/h9-11H,1-8H2,(H,16,17)(H2,14,15,18). The van der Waals surface area contributed by atoms with Crippen LogP contribution in [0.15, 0.2) is 0 Å². The van der Waals surface area contributed by atoms with Gasteiger partial charge in [-0.05, 0) is 31.6 Å². The van der Waals surface area contributed by atoms with Crippen LogP contribution in [-0.2, 0) is 4.79 Å². The van der Waals surface area contributed by atoms with Gasteiger partial charge >= 0.3 is 12.0 Å². The summed E-state index contributed by atoms with van der Waals surface area (Å²) < 4.78 is 0. The lowest BCUT2D eigenvalue weighted by Crippen LogP contribution is -2.46. The number of carbonyl (C=O) groups is 2. The highest BCUT2D eigenvalue weighted by Crippen LogP contribution is 2.26. The van der Waals surface area contributed by atoms with Gasteiger partial charge in [0.05, 0.1) is 5.92 Å². The average molecular weight is 254 g/mol. The number of carboxylic acids is 1.